The minimum atomic E-state index is -6.06. The van der Waals surface area contributed by atoms with Crippen molar-refractivity contribution in [3.63, 3.8) is 0 Å². The summed E-state index contributed by atoms with van der Waals surface area (Å²) in [6.45, 7) is -1.47. The summed E-state index contributed by atoms with van der Waals surface area (Å²) in [5.74, 6) is -9.42. The van der Waals surface area contributed by atoms with Crippen molar-refractivity contribution in [3.05, 3.63) is 24.3 Å². The first-order valence-electron chi connectivity index (χ1n) is 7.61. The summed E-state index contributed by atoms with van der Waals surface area (Å²) in [6.07, 6.45) is -11.1. The molecule has 1 aromatic rings. The highest BCUT2D eigenvalue weighted by molar-refractivity contribution is 6.00. The van der Waals surface area contributed by atoms with Gasteiger partial charge in [-0.25, -0.2) is 0 Å². The van der Waals surface area contributed by atoms with Crippen molar-refractivity contribution in [1.29, 1.82) is 0 Å². The Balaban J connectivity index is 2.02. The molecule has 0 radical (unpaired) electrons. The molecule has 1 aromatic carbocycles. The second kappa shape index (κ2) is 7.53. The second-order valence-corrected chi connectivity index (χ2v) is 5.75. The van der Waals surface area contributed by atoms with Crippen molar-refractivity contribution < 1.29 is 49.4 Å². The van der Waals surface area contributed by atoms with Gasteiger partial charge < -0.3 is 9.64 Å². The molecule has 0 spiro atoms. The lowest BCUT2D eigenvalue weighted by atomic mass is 10.2. The van der Waals surface area contributed by atoms with Crippen LogP contribution in [0.4, 0.5) is 40.8 Å². The zero-order valence-corrected chi connectivity index (χ0v) is 13.7. The maximum absolute atomic E-state index is 12.9. The normalized spacial score (nSPS) is 18.5. The third-order valence-corrected chi connectivity index (χ3v) is 3.78. The number of hydrogen-bond donors (Lipinski definition) is 1. The molecule has 28 heavy (non-hydrogen) atoms. The number of Topliss-reactive ketones (excluding diaryl/α,β-unsaturated/α-hetero) is 1. The molecule has 1 saturated heterocycles. The highest BCUT2D eigenvalue weighted by Gasteiger charge is 2.62. The number of nitrogens with zero attached hydrogens (tertiary/aromatic N) is 1. The molecular weight excluding hydrogens is 408 g/mol. The number of halogens is 8. The van der Waals surface area contributed by atoms with Gasteiger partial charge in [-0.05, 0) is 18.6 Å². The first-order valence-corrected chi connectivity index (χ1v) is 7.61. The molecule has 1 N–H and O–H groups in total. The number of carbonyl (C=O) groups is 2. The van der Waals surface area contributed by atoms with E-state index in [1.807, 2.05) is 5.32 Å². The van der Waals surface area contributed by atoms with Crippen molar-refractivity contribution in [3.8, 4) is 5.75 Å². The van der Waals surface area contributed by atoms with Gasteiger partial charge in [0.05, 0.1) is 12.6 Å². The Morgan fingerprint density at radius 2 is 1.79 bits per heavy atom. The molecule has 156 valence electrons. The SMILES string of the molecule is O=C1C(NCC(=O)C(F)(F)C(F)(F)F)CCN1c1cccc(OC(F)(F)F)c1. The Bertz CT molecular complexity index is 748. The number of alkyl halides is 8. The van der Waals surface area contributed by atoms with Crippen molar-refractivity contribution in [2.75, 3.05) is 18.0 Å². The summed E-state index contributed by atoms with van der Waals surface area (Å²) >= 11 is 0. The smallest absolute Gasteiger partial charge is 0.406 e. The summed E-state index contributed by atoms with van der Waals surface area (Å²) in [5.41, 5.74) is 0.00278. The van der Waals surface area contributed by atoms with Gasteiger partial charge in [0.25, 0.3) is 0 Å². The molecule has 1 heterocycles. The lowest BCUT2D eigenvalue weighted by Gasteiger charge is -2.20. The Morgan fingerprint density at radius 1 is 1.14 bits per heavy atom. The van der Waals surface area contributed by atoms with Gasteiger partial charge in [-0.3, -0.25) is 14.9 Å². The lowest BCUT2D eigenvalue weighted by molar-refractivity contribution is -0.274. The average Bonchev–Trinajstić information content (AvgIpc) is 2.91. The van der Waals surface area contributed by atoms with Crippen molar-refractivity contribution in [1.82, 2.24) is 5.32 Å². The summed E-state index contributed by atoms with van der Waals surface area (Å²) in [4.78, 5) is 24.4. The molecule has 1 fully saturated rings. The van der Waals surface area contributed by atoms with Crippen LogP contribution >= 0.6 is 0 Å². The molecule has 0 bridgehead atoms. The summed E-state index contributed by atoms with van der Waals surface area (Å²) < 4.78 is 103. The maximum atomic E-state index is 12.9. The molecule has 1 unspecified atom stereocenters. The van der Waals surface area contributed by atoms with Crippen LogP contribution in [0.25, 0.3) is 0 Å². The van der Waals surface area contributed by atoms with Crippen LogP contribution in [0.1, 0.15) is 6.42 Å². The molecule has 5 nitrogen and oxygen atoms in total. The topological polar surface area (TPSA) is 58.6 Å². The molecule has 1 aliphatic heterocycles. The molecule has 0 aromatic heterocycles. The van der Waals surface area contributed by atoms with E-state index in [1.54, 1.807) is 0 Å². The zero-order valence-electron chi connectivity index (χ0n) is 13.7. The molecule has 2 rings (SSSR count). The van der Waals surface area contributed by atoms with E-state index < -0.39 is 48.5 Å². The summed E-state index contributed by atoms with van der Waals surface area (Å²) in [5, 5.41) is 2.03. The monoisotopic (exact) mass is 420 g/mol. The average molecular weight is 420 g/mol. The highest BCUT2D eigenvalue weighted by Crippen LogP contribution is 2.36. The van der Waals surface area contributed by atoms with Gasteiger partial charge in [0, 0.05) is 18.3 Å². The van der Waals surface area contributed by atoms with E-state index in [1.165, 1.54) is 12.1 Å². The van der Waals surface area contributed by atoms with Crippen LogP contribution < -0.4 is 15.0 Å². The second-order valence-electron chi connectivity index (χ2n) is 5.75. The molecule has 0 aliphatic carbocycles. The maximum Gasteiger partial charge on any atom is 0.573 e. The number of amides is 1. The molecule has 0 saturated carbocycles. The fourth-order valence-corrected chi connectivity index (χ4v) is 2.46. The van der Waals surface area contributed by atoms with E-state index in [9.17, 15) is 44.7 Å². The molecule has 1 atom stereocenters. The van der Waals surface area contributed by atoms with Gasteiger partial charge in [-0.2, -0.15) is 22.0 Å². The molecular formula is C15H12F8N2O3. The van der Waals surface area contributed by atoms with Crippen LogP contribution in [0, 0.1) is 0 Å². The molecule has 1 aliphatic rings. The Hall–Kier alpha value is -2.44. The van der Waals surface area contributed by atoms with Gasteiger partial charge in [0.2, 0.25) is 11.7 Å². The van der Waals surface area contributed by atoms with Gasteiger partial charge in [0.1, 0.15) is 5.75 Å². The first kappa shape index (κ1) is 21.9. The fourth-order valence-electron chi connectivity index (χ4n) is 2.46. The standard InChI is InChI=1S/C15H12F8N2O3/c16-13(17,14(18,19)20)11(26)7-24-10-4-5-25(12(10)27)8-2-1-3-9(6-8)28-15(21,22)23/h1-3,6,10,24H,4-5,7H2. The van der Waals surface area contributed by atoms with E-state index in [2.05, 4.69) is 4.74 Å². The van der Waals surface area contributed by atoms with Crippen molar-refractivity contribution >= 4 is 17.4 Å². The van der Waals surface area contributed by atoms with Gasteiger partial charge >= 0.3 is 18.5 Å². The van der Waals surface area contributed by atoms with Crippen LogP contribution in [-0.4, -0.2) is 49.3 Å². The van der Waals surface area contributed by atoms with Crippen LogP contribution in [-0.2, 0) is 9.59 Å². The summed E-state index contributed by atoms with van der Waals surface area (Å²) in [7, 11) is 0. The van der Waals surface area contributed by atoms with Gasteiger partial charge in [-0.15, -0.1) is 13.2 Å². The predicted molar refractivity (Wildman–Crippen MR) is 77.9 cm³/mol. The molecule has 13 heteroatoms. The largest absolute Gasteiger partial charge is 0.573 e. The van der Waals surface area contributed by atoms with Gasteiger partial charge in [0.15, 0.2) is 0 Å². The van der Waals surface area contributed by atoms with E-state index in [4.69, 9.17) is 0 Å². The number of rotatable bonds is 6. The number of anilines is 1. The number of ether oxygens (including phenoxy) is 1. The zero-order chi connectivity index (χ0) is 21.3. The number of hydrogen-bond acceptors (Lipinski definition) is 4. The van der Waals surface area contributed by atoms with Crippen LogP contribution in [0.5, 0.6) is 5.75 Å². The minimum absolute atomic E-state index is 0.00278. The highest BCUT2D eigenvalue weighted by atomic mass is 19.4. The third-order valence-electron chi connectivity index (χ3n) is 3.78. The van der Waals surface area contributed by atoms with E-state index in [0.29, 0.717) is 0 Å². The summed E-state index contributed by atoms with van der Waals surface area (Å²) in [6, 6.07) is 3.12. The van der Waals surface area contributed by atoms with Crippen LogP contribution in [0.2, 0.25) is 0 Å². The number of carbonyl (C=O) groups excluding carboxylic acids is 2. The minimum Gasteiger partial charge on any atom is -0.406 e. The van der Waals surface area contributed by atoms with Crippen molar-refractivity contribution in [2.24, 2.45) is 0 Å². The molecule has 1 amide bonds. The fraction of sp³-hybridized carbons (Fsp3) is 0.467. The van der Waals surface area contributed by atoms with Crippen molar-refractivity contribution in [2.45, 2.75) is 30.9 Å². The van der Waals surface area contributed by atoms with Crippen LogP contribution in [0.3, 0.4) is 0 Å². The van der Waals surface area contributed by atoms with E-state index >= 15 is 0 Å². The Morgan fingerprint density at radius 3 is 2.36 bits per heavy atom. The number of ketones is 1. The Labute approximate surface area is 152 Å². The quantitative estimate of drug-likeness (QED) is 0.719. The van der Waals surface area contributed by atoms with E-state index in [-0.39, 0.29) is 18.7 Å². The van der Waals surface area contributed by atoms with Gasteiger partial charge in [-0.1, -0.05) is 6.07 Å². The lowest BCUT2D eigenvalue weighted by Crippen LogP contribution is -2.50. The Kier molecular flexibility index (Phi) is 5.87. The number of benzene rings is 1. The predicted octanol–water partition coefficient (Wildman–Crippen LogP) is 3.05. The van der Waals surface area contributed by atoms with Crippen LogP contribution in [0.15, 0.2) is 24.3 Å². The third kappa shape index (κ3) is 4.88. The number of nitrogens with one attached hydrogen (secondary N) is 1. The van der Waals surface area contributed by atoms with E-state index in [0.717, 1.165) is 17.0 Å². The first-order chi connectivity index (χ1) is 12.7.